The van der Waals surface area contributed by atoms with Gasteiger partial charge in [-0.05, 0) is 12.1 Å². The number of nitrogens with two attached hydrogens (primary N) is 2. The van der Waals surface area contributed by atoms with Gasteiger partial charge in [0.05, 0.1) is 6.54 Å². The molecule has 2 amide bonds. The van der Waals surface area contributed by atoms with E-state index in [9.17, 15) is 9.59 Å². The Hall–Kier alpha value is -2.38. The lowest BCUT2D eigenvalue weighted by Crippen LogP contribution is -2.29. The van der Waals surface area contributed by atoms with Crippen LogP contribution in [0.25, 0.3) is 0 Å². The fourth-order valence-electron chi connectivity index (χ4n) is 0.870. The minimum absolute atomic E-state index is 0.00345. The molecular weight excluding hydrogens is 214 g/mol. The van der Waals surface area contributed by atoms with Gasteiger partial charge >= 0.3 is 6.09 Å². The average molecular weight is 225 g/mol. The highest BCUT2D eigenvalue weighted by atomic mass is 16.5. The number of carbonyl (C=O) groups is 2. The van der Waals surface area contributed by atoms with Gasteiger partial charge in [0.15, 0.2) is 5.69 Å². The lowest BCUT2D eigenvalue weighted by Gasteiger charge is -2.03. The third kappa shape index (κ3) is 3.78. The number of nitrogen functional groups attached to an aromatic ring is 1. The molecule has 0 aliphatic heterocycles. The quantitative estimate of drug-likeness (QED) is 0.556. The van der Waals surface area contributed by atoms with Crippen LogP contribution >= 0.6 is 0 Å². The first kappa shape index (κ1) is 11.7. The van der Waals surface area contributed by atoms with E-state index < -0.39 is 12.0 Å². The first-order valence-corrected chi connectivity index (χ1v) is 4.39. The predicted molar refractivity (Wildman–Crippen MR) is 54.3 cm³/mol. The van der Waals surface area contributed by atoms with Crippen LogP contribution in [0.2, 0.25) is 0 Å². The van der Waals surface area contributed by atoms with Crippen LogP contribution in [-0.4, -0.2) is 35.3 Å². The Morgan fingerprint density at radius 2 is 2.12 bits per heavy atom. The fraction of sp³-hybridized carbons (Fsp3) is 0.250. The fourth-order valence-corrected chi connectivity index (χ4v) is 0.870. The summed E-state index contributed by atoms with van der Waals surface area (Å²) in [4.78, 5) is 21.6. The van der Waals surface area contributed by atoms with Crippen LogP contribution in [0.15, 0.2) is 12.1 Å². The van der Waals surface area contributed by atoms with E-state index in [4.69, 9.17) is 11.5 Å². The molecule has 0 unspecified atom stereocenters. The van der Waals surface area contributed by atoms with Crippen LogP contribution < -0.4 is 16.8 Å². The number of aromatic nitrogens is 2. The van der Waals surface area contributed by atoms with Crippen LogP contribution in [-0.2, 0) is 4.74 Å². The van der Waals surface area contributed by atoms with Crippen molar-refractivity contribution in [1.29, 1.82) is 0 Å². The molecule has 0 atom stereocenters. The Bertz CT molecular complexity index is 378. The minimum Gasteiger partial charge on any atom is -0.448 e. The molecule has 0 saturated carbocycles. The van der Waals surface area contributed by atoms with E-state index in [1.165, 1.54) is 12.1 Å². The maximum absolute atomic E-state index is 11.4. The van der Waals surface area contributed by atoms with E-state index in [1.807, 2.05) is 0 Å². The molecule has 16 heavy (non-hydrogen) atoms. The van der Waals surface area contributed by atoms with Crippen molar-refractivity contribution in [3.8, 4) is 0 Å². The van der Waals surface area contributed by atoms with Gasteiger partial charge in [-0.2, -0.15) is 0 Å². The Morgan fingerprint density at radius 1 is 1.38 bits per heavy atom. The van der Waals surface area contributed by atoms with Crippen molar-refractivity contribution in [1.82, 2.24) is 15.5 Å². The van der Waals surface area contributed by atoms with Crippen molar-refractivity contribution in [2.45, 2.75) is 0 Å². The molecule has 1 rings (SSSR count). The Morgan fingerprint density at radius 3 is 2.69 bits per heavy atom. The summed E-state index contributed by atoms with van der Waals surface area (Å²) in [5.41, 5.74) is 10.2. The van der Waals surface area contributed by atoms with E-state index in [2.05, 4.69) is 20.3 Å². The number of ether oxygens (including phenoxy) is 1. The maximum Gasteiger partial charge on any atom is 0.404 e. The average Bonchev–Trinajstić information content (AvgIpc) is 2.25. The zero-order valence-electron chi connectivity index (χ0n) is 8.34. The number of amides is 2. The molecule has 0 aliphatic rings. The molecule has 0 aliphatic carbocycles. The minimum atomic E-state index is -0.887. The third-order valence-corrected chi connectivity index (χ3v) is 1.55. The second-order valence-corrected chi connectivity index (χ2v) is 2.77. The second-order valence-electron chi connectivity index (χ2n) is 2.77. The molecule has 0 aromatic carbocycles. The molecule has 0 spiro atoms. The summed E-state index contributed by atoms with van der Waals surface area (Å²) in [6.07, 6.45) is -0.887. The lowest BCUT2D eigenvalue weighted by atomic mass is 10.3. The summed E-state index contributed by atoms with van der Waals surface area (Å²) in [5, 5.41) is 9.55. The first-order chi connectivity index (χ1) is 7.59. The summed E-state index contributed by atoms with van der Waals surface area (Å²) in [6, 6.07) is 2.90. The van der Waals surface area contributed by atoms with E-state index in [1.54, 1.807) is 0 Å². The first-order valence-electron chi connectivity index (χ1n) is 4.39. The van der Waals surface area contributed by atoms with Crippen LogP contribution in [0.1, 0.15) is 10.5 Å². The Kier molecular flexibility index (Phi) is 4.01. The normalized spacial score (nSPS) is 9.50. The second kappa shape index (κ2) is 5.49. The molecule has 86 valence electrons. The Balaban J connectivity index is 2.35. The topological polar surface area (TPSA) is 133 Å². The van der Waals surface area contributed by atoms with Crippen LogP contribution in [0, 0.1) is 0 Å². The molecule has 1 aromatic rings. The monoisotopic (exact) mass is 225 g/mol. The van der Waals surface area contributed by atoms with Gasteiger partial charge in [-0.25, -0.2) is 4.79 Å². The van der Waals surface area contributed by atoms with E-state index >= 15 is 0 Å². The van der Waals surface area contributed by atoms with Gasteiger partial charge in [0.25, 0.3) is 5.91 Å². The summed E-state index contributed by atoms with van der Waals surface area (Å²) >= 11 is 0. The van der Waals surface area contributed by atoms with Crippen molar-refractivity contribution >= 4 is 17.8 Å². The SMILES string of the molecule is NC(=O)OCCNC(=O)c1ccc(N)nn1. The zero-order chi connectivity index (χ0) is 12.0. The number of rotatable bonds is 4. The molecule has 0 bridgehead atoms. The van der Waals surface area contributed by atoms with Gasteiger partial charge in [-0.3, -0.25) is 4.79 Å². The van der Waals surface area contributed by atoms with E-state index in [0.717, 1.165) is 0 Å². The number of nitrogens with one attached hydrogen (secondary N) is 1. The molecule has 8 nitrogen and oxygen atoms in total. The number of carbonyl (C=O) groups excluding carboxylic acids is 2. The van der Waals surface area contributed by atoms with Crippen LogP contribution in [0.4, 0.5) is 10.6 Å². The van der Waals surface area contributed by atoms with E-state index in [0.29, 0.717) is 0 Å². The highest BCUT2D eigenvalue weighted by molar-refractivity contribution is 5.92. The van der Waals surface area contributed by atoms with Crippen molar-refractivity contribution in [3.63, 3.8) is 0 Å². The number of nitrogens with zero attached hydrogens (tertiary/aromatic N) is 2. The Labute approximate surface area is 91.0 Å². The largest absolute Gasteiger partial charge is 0.448 e. The molecule has 0 saturated heterocycles. The predicted octanol–water partition coefficient (Wildman–Crippen LogP) is -1.12. The van der Waals surface area contributed by atoms with Crippen molar-refractivity contribution in [2.24, 2.45) is 5.73 Å². The molecule has 1 heterocycles. The molecule has 0 radical (unpaired) electrons. The highest BCUT2D eigenvalue weighted by Crippen LogP contribution is 1.96. The smallest absolute Gasteiger partial charge is 0.404 e. The van der Waals surface area contributed by atoms with Gasteiger partial charge in [0.1, 0.15) is 12.4 Å². The van der Waals surface area contributed by atoms with Crippen molar-refractivity contribution < 1.29 is 14.3 Å². The number of hydrogen-bond acceptors (Lipinski definition) is 6. The summed E-state index contributed by atoms with van der Waals surface area (Å²) < 4.78 is 4.42. The molecule has 1 aromatic heterocycles. The zero-order valence-corrected chi connectivity index (χ0v) is 8.34. The summed E-state index contributed by atoms with van der Waals surface area (Å²) in [6.45, 7) is 0.150. The summed E-state index contributed by atoms with van der Waals surface area (Å²) in [7, 11) is 0. The van der Waals surface area contributed by atoms with Crippen molar-refractivity contribution in [2.75, 3.05) is 18.9 Å². The van der Waals surface area contributed by atoms with Crippen molar-refractivity contribution in [3.05, 3.63) is 17.8 Å². The lowest BCUT2D eigenvalue weighted by molar-refractivity contribution is 0.0931. The molecule has 5 N–H and O–H groups in total. The van der Waals surface area contributed by atoms with Gasteiger partial charge in [0, 0.05) is 0 Å². The summed E-state index contributed by atoms with van der Waals surface area (Å²) in [5.74, 6) is -0.200. The van der Waals surface area contributed by atoms with Gasteiger partial charge in [0.2, 0.25) is 0 Å². The highest BCUT2D eigenvalue weighted by Gasteiger charge is 2.06. The van der Waals surface area contributed by atoms with Gasteiger partial charge in [-0.1, -0.05) is 0 Å². The number of primary amides is 1. The molecule has 0 fully saturated rings. The molecule has 8 heteroatoms. The molecular formula is C8H11N5O3. The van der Waals surface area contributed by atoms with E-state index in [-0.39, 0.29) is 24.7 Å². The number of anilines is 1. The van der Waals surface area contributed by atoms with Crippen LogP contribution in [0.3, 0.4) is 0 Å². The van der Waals surface area contributed by atoms with Gasteiger partial charge in [-0.15, -0.1) is 10.2 Å². The third-order valence-electron chi connectivity index (χ3n) is 1.55. The standard InChI is InChI=1S/C8H11N5O3/c9-6-2-1-5(12-13-6)7(14)11-3-4-16-8(10)15/h1-2H,3-4H2,(H2,9,13)(H2,10,15)(H,11,14). The maximum atomic E-state index is 11.4. The number of hydrogen-bond donors (Lipinski definition) is 3. The van der Waals surface area contributed by atoms with Gasteiger partial charge < -0.3 is 21.5 Å². The van der Waals surface area contributed by atoms with Crippen LogP contribution in [0.5, 0.6) is 0 Å².